The third-order valence-electron chi connectivity index (χ3n) is 5.63. The quantitative estimate of drug-likeness (QED) is 0.659. The van der Waals surface area contributed by atoms with Crippen molar-refractivity contribution in [2.24, 2.45) is 35.0 Å². The molecule has 0 aromatic carbocycles. The van der Waals surface area contributed by atoms with E-state index in [-0.39, 0.29) is 0 Å². The van der Waals surface area contributed by atoms with E-state index in [4.69, 9.17) is 4.74 Å². The summed E-state index contributed by atoms with van der Waals surface area (Å²) < 4.78 is 6.16. The molecule has 0 radical (unpaired) electrons. The lowest BCUT2D eigenvalue weighted by molar-refractivity contribution is -0.0561. The molecular formula is C16H26O. The third kappa shape index (κ3) is 1.62. The molecule has 1 saturated heterocycles. The lowest BCUT2D eigenvalue weighted by Crippen LogP contribution is -2.41. The predicted molar refractivity (Wildman–Crippen MR) is 70.7 cm³/mol. The molecule has 1 aliphatic heterocycles. The summed E-state index contributed by atoms with van der Waals surface area (Å²) in [6.07, 6.45) is 2.99. The SMILES string of the molecule is C=C1[C@H]2COC(CC(C)C)[C@@H]1C1C(C2)C1(C)C. The van der Waals surface area contributed by atoms with Gasteiger partial charge in [0.2, 0.25) is 0 Å². The highest BCUT2D eigenvalue weighted by Gasteiger charge is 2.66. The van der Waals surface area contributed by atoms with E-state index in [1.165, 1.54) is 18.4 Å². The summed E-state index contributed by atoms with van der Waals surface area (Å²) in [6, 6.07) is 0. The van der Waals surface area contributed by atoms with Crippen molar-refractivity contribution in [3.8, 4) is 0 Å². The van der Waals surface area contributed by atoms with Crippen LogP contribution < -0.4 is 0 Å². The van der Waals surface area contributed by atoms with Gasteiger partial charge in [0.25, 0.3) is 0 Å². The third-order valence-corrected chi connectivity index (χ3v) is 5.63. The molecule has 2 aliphatic carbocycles. The van der Waals surface area contributed by atoms with Gasteiger partial charge in [-0.3, -0.25) is 0 Å². The van der Waals surface area contributed by atoms with E-state index in [9.17, 15) is 0 Å². The maximum atomic E-state index is 6.16. The molecule has 0 N–H and O–H groups in total. The molecule has 0 aromatic heterocycles. The zero-order chi connectivity index (χ0) is 12.4. The minimum atomic E-state index is 0.452. The Morgan fingerprint density at radius 1 is 1.41 bits per heavy atom. The van der Waals surface area contributed by atoms with Crippen LogP contribution in [0.2, 0.25) is 0 Å². The Bertz CT molecular complexity index is 341. The molecule has 3 aliphatic rings. The van der Waals surface area contributed by atoms with Crippen molar-refractivity contribution in [3.05, 3.63) is 12.2 Å². The molecule has 1 heterocycles. The van der Waals surface area contributed by atoms with Gasteiger partial charge in [0.05, 0.1) is 12.7 Å². The predicted octanol–water partition coefficient (Wildman–Crippen LogP) is 3.90. The minimum Gasteiger partial charge on any atom is -0.377 e. The van der Waals surface area contributed by atoms with Crippen LogP contribution in [0.4, 0.5) is 0 Å². The summed E-state index contributed by atoms with van der Waals surface area (Å²) in [5, 5.41) is 0. The van der Waals surface area contributed by atoms with Crippen LogP contribution in [-0.2, 0) is 4.74 Å². The largest absolute Gasteiger partial charge is 0.377 e. The highest BCUT2D eigenvalue weighted by molar-refractivity contribution is 5.26. The fraction of sp³-hybridized carbons (Fsp3) is 0.875. The second-order valence-electron chi connectivity index (χ2n) is 7.49. The van der Waals surface area contributed by atoms with Crippen LogP contribution in [-0.4, -0.2) is 12.7 Å². The molecule has 3 unspecified atom stereocenters. The fourth-order valence-electron chi connectivity index (χ4n) is 4.58. The van der Waals surface area contributed by atoms with Crippen molar-refractivity contribution >= 4 is 0 Å². The van der Waals surface area contributed by atoms with Crippen molar-refractivity contribution in [2.45, 2.75) is 46.6 Å². The molecule has 0 amide bonds. The Hall–Kier alpha value is -0.300. The molecule has 96 valence electrons. The van der Waals surface area contributed by atoms with Gasteiger partial charge in [0.1, 0.15) is 0 Å². The van der Waals surface area contributed by atoms with Gasteiger partial charge in [-0.25, -0.2) is 0 Å². The van der Waals surface area contributed by atoms with E-state index in [1.54, 1.807) is 0 Å². The van der Waals surface area contributed by atoms with Crippen molar-refractivity contribution in [2.75, 3.05) is 6.61 Å². The topological polar surface area (TPSA) is 9.23 Å². The molecular weight excluding hydrogens is 208 g/mol. The molecule has 2 saturated carbocycles. The minimum absolute atomic E-state index is 0.452. The second-order valence-corrected chi connectivity index (χ2v) is 7.49. The van der Waals surface area contributed by atoms with E-state index < -0.39 is 0 Å². The van der Waals surface area contributed by atoms with E-state index in [0.29, 0.717) is 23.4 Å². The normalized spacial score (nSPS) is 46.9. The molecule has 0 spiro atoms. The zero-order valence-corrected chi connectivity index (χ0v) is 11.7. The number of hydrogen-bond donors (Lipinski definition) is 0. The number of rotatable bonds is 2. The first-order chi connectivity index (χ1) is 7.93. The summed E-state index contributed by atoms with van der Waals surface area (Å²) in [5.74, 6) is 3.85. The molecule has 3 rings (SSSR count). The lowest BCUT2D eigenvalue weighted by atomic mass is 9.71. The van der Waals surface area contributed by atoms with Gasteiger partial charge in [-0.2, -0.15) is 0 Å². The molecule has 1 heteroatoms. The number of ether oxygens (including phenoxy) is 1. The second kappa shape index (κ2) is 3.60. The lowest BCUT2D eigenvalue weighted by Gasteiger charge is -2.42. The first-order valence-corrected chi connectivity index (χ1v) is 7.23. The summed E-state index contributed by atoms with van der Waals surface area (Å²) in [6.45, 7) is 14.9. The van der Waals surface area contributed by atoms with Crippen molar-refractivity contribution in [3.63, 3.8) is 0 Å². The molecule has 2 bridgehead atoms. The Morgan fingerprint density at radius 2 is 2.12 bits per heavy atom. The Balaban J connectivity index is 1.85. The molecule has 3 fully saturated rings. The van der Waals surface area contributed by atoms with Crippen LogP contribution in [0, 0.1) is 35.0 Å². The standard InChI is InChI=1S/C16H26O/c1-9(2)6-13-14-10(3)11(8-17-13)7-12-15(14)16(12,4)5/h9,11-15H,3,6-8H2,1-2,4-5H3/t11-,12?,13?,14-,15?/m1/s1. The van der Waals surface area contributed by atoms with Gasteiger partial charge < -0.3 is 4.74 Å². The van der Waals surface area contributed by atoms with Crippen LogP contribution in [0.15, 0.2) is 12.2 Å². The molecule has 5 atom stereocenters. The Labute approximate surface area is 106 Å². The van der Waals surface area contributed by atoms with Crippen LogP contribution in [0.5, 0.6) is 0 Å². The van der Waals surface area contributed by atoms with E-state index in [0.717, 1.165) is 24.4 Å². The van der Waals surface area contributed by atoms with Crippen molar-refractivity contribution in [1.29, 1.82) is 0 Å². The average molecular weight is 234 g/mol. The maximum absolute atomic E-state index is 6.16. The zero-order valence-electron chi connectivity index (χ0n) is 11.7. The van der Waals surface area contributed by atoms with Crippen LogP contribution in [0.1, 0.15) is 40.5 Å². The van der Waals surface area contributed by atoms with Gasteiger partial charge in [0, 0.05) is 11.8 Å². The van der Waals surface area contributed by atoms with Gasteiger partial charge in [-0.05, 0) is 36.0 Å². The number of fused-ring (bicyclic) bond motifs is 4. The van der Waals surface area contributed by atoms with Crippen LogP contribution in [0.25, 0.3) is 0 Å². The van der Waals surface area contributed by atoms with Gasteiger partial charge in [-0.1, -0.05) is 39.8 Å². The Morgan fingerprint density at radius 3 is 2.76 bits per heavy atom. The molecule has 17 heavy (non-hydrogen) atoms. The first kappa shape index (κ1) is 11.8. The molecule has 1 nitrogen and oxygen atoms in total. The monoisotopic (exact) mass is 234 g/mol. The smallest absolute Gasteiger partial charge is 0.0646 e. The van der Waals surface area contributed by atoms with Crippen LogP contribution in [0.3, 0.4) is 0 Å². The highest BCUT2D eigenvalue weighted by Crippen LogP contribution is 2.70. The van der Waals surface area contributed by atoms with E-state index in [1.807, 2.05) is 0 Å². The summed E-state index contributed by atoms with van der Waals surface area (Å²) >= 11 is 0. The fourth-order valence-corrected chi connectivity index (χ4v) is 4.58. The summed E-state index contributed by atoms with van der Waals surface area (Å²) in [4.78, 5) is 0. The van der Waals surface area contributed by atoms with E-state index in [2.05, 4.69) is 34.3 Å². The average Bonchev–Trinajstić information content (AvgIpc) is 2.71. The summed E-state index contributed by atoms with van der Waals surface area (Å²) in [5.41, 5.74) is 2.07. The van der Waals surface area contributed by atoms with E-state index >= 15 is 0 Å². The summed E-state index contributed by atoms with van der Waals surface area (Å²) in [7, 11) is 0. The van der Waals surface area contributed by atoms with Gasteiger partial charge in [0.15, 0.2) is 0 Å². The molecule has 0 aromatic rings. The van der Waals surface area contributed by atoms with Crippen molar-refractivity contribution < 1.29 is 4.74 Å². The number of hydrogen-bond acceptors (Lipinski definition) is 1. The van der Waals surface area contributed by atoms with Crippen LogP contribution >= 0.6 is 0 Å². The Kier molecular flexibility index (Phi) is 2.49. The maximum Gasteiger partial charge on any atom is 0.0646 e. The van der Waals surface area contributed by atoms with Gasteiger partial charge in [-0.15, -0.1) is 0 Å². The first-order valence-electron chi connectivity index (χ1n) is 7.23. The van der Waals surface area contributed by atoms with Gasteiger partial charge >= 0.3 is 0 Å². The van der Waals surface area contributed by atoms with Crippen molar-refractivity contribution in [1.82, 2.24) is 0 Å². The highest BCUT2D eigenvalue weighted by atomic mass is 16.5.